The minimum absolute atomic E-state index is 0.136. The molecule has 220 valence electrons. The molecule has 11 heteroatoms. The molecule has 4 aromatic rings. The summed E-state index contributed by atoms with van der Waals surface area (Å²) in [6, 6.07) is 18.7. The minimum atomic E-state index is -0.966. The standard InChI is InChI=1S/C32H30N4O5S2/c37-30-29(43-32(42)36(30)10-9-21-1-4-23(5-2-21)31(38)39)18-22-3-8-28(41-16-13-35-11-14-40-15-12-35)25(17-22)24-6-7-26-27(19-24)34-20-33-26/h1-8,17-20H,9-16H2,(H,33,34)(H,38,39)/b29-18-. The Kier molecular flexibility index (Phi) is 8.85. The van der Waals surface area contributed by atoms with Gasteiger partial charge >= 0.3 is 5.97 Å². The summed E-state index contributed by atoms with van der Waals surface area (Å²) in [5.41, 5.74) is 5.75. The number of carboxylic acid groups (broad SMARTS) is 1. The minimum Gasteiger partial charge on any atom is -0.492 e. The molecule has 0 saturated carbocycles. The number of ether oxygens (including phenoxy) is 2. The van der Waals surface area contributed by atoms with E-state index < -0.39 is 5.97 Å². The molecule has 0 unspecified atom stereocenters. The van der Waals surface area contributed by atoms with Crippen LogP contribution in [-0.2, 0) is 16.0 Å². The number of aromatic carboxylic acids is 1. The Morgan fingerprint density at radius 2 is 1.91 bits per heavy atom. The lowest BCUT2D eigenvalue weighted by Gasteiger charge is -2.26. The second-order valence-corrected chi connectivity index (χ2v) is 12.0. The third-order valence-corrected chi connectivity index (χ3v) is 8.88. The Hall–Kier alpha value is -4.03. The second kappa shape index (κ2) is 13.1. The van der Waals surface area contributed by atoms with Gasteiger partial charge in [-0.3, -0.25) is 14.6 Å². The van der Waals surface area contributed by atoms with Gasteiger partial charge in [0.2, 0.25) is 0 Å². The van der Waals surface area contributed by atoms with Crippen LogP contribution in [0.2, 0.25) is 0 Å². The predicted octanol–water partition coefficient (Wildman–Crippen LogP) is 5.08. The number of nitrogens with one attached hydrogen (secondary N) is 1. The maximum Gasteiger partial charge on any atom is 0.335 e. The Balaban J connectivity index is 1.20. The largest absolute Gasteiger partial charge is 0.492 e. The van der Waals surface area contributed by atoms with E-state index >= 15 is 0 Å². The highest BCUT2D eigenvalue weighted by Crippen LogP contribution is 2.36. The van der Waals surface area contributed by atoms with Gasteiger partial charge in [0, 0.05) is 31.7 Å². The maximum atomic E-state index is 13.3. The highest BCUT2D eigenvalue weighted by Gasteiger charge is 2.31. The van der Waals surface area contributed by atoms with Crippen molar-refractivity contribution in [3.63, 3.8) is 0 Å². The molecule has 0 atom stereocenters. The molecule has 9 nitrogen and oxygen atoms in total. The van der Waals surface area contributed by atoms with E-state index in [2.05, 4.69) is 20.9 Å². The number of imidazole rings is 1. The molecule has 2 saturated heterocycles. The molecule has 3 heterocycles. The molecule has 0 aliphatic carbocycles. The van der Waals surface area contributed by atoms with Gasteiger partial charge in [-0.05, 0) is 65.6 Å². The second-order valence-electron chi connectivity index (χ2n) is 10.3. The SMILES string of the molecule is O=C(O)c1ccc(CCN2C(=O)/C(=C/c3ccc(OCCN4CCOCC4)c(-c4ccc5nc[nH]c5c4)c3)SC2=S)cc1. The van der Waals surface area contributed by atoms with Crippen molar-refractivity contribution in [3.8, 4) is 16.9 Å². The Morgan fingerprint density at radius 1 is 1.09 bits per heavy atom. The van der Waals surface area contributed by atoms with Crippen molar-refractivity contribution >= 4 is 57.3 Å². The van der Waals surface area contributed by atoms with Crippen molar-refractivity contribution in [2.24, 2.45) is 0 Å². The summed E-state index contributed by atoms with van der Waals surface area (Å²) in [4.78, 5) is 36.5. The number of amides is 1. The summed E-state index contributed by atoms with van der Waals surface area (Å²) in [6.07, 6.45) is 4.12. The van der Waals surface area contributed by atoms with E-state index in [0.29, 0.717) is 28.8 Å². The molecule has 0 radical (unpaired) electrons. The number of nitrogens with zero attached hydrogens (tertiary/aromatic N) is 3. The molecule has 1 aromatic heterocycles. The summed E-state index contributed by atoms with van der Waals surface area (Å²) in [7, 11) is 0. The number of carbonyl (C=O) groups excluding carboxylic acids is 1. The number of aromatic nitrogens is 2. The monoisotopic (exact) mass is 614 g/mol. The first-order chi connectivity index (χ1) is 20.9. The Labute approximate surface area is 258 Å². The quantitative estimate of drug-likeness (QED) is 0.187. The van der Waals surface area contributed by atoms with E-state index in [1.54, 1.807) is 35.5 Å². The van der Waals surface area contributed by atoms with Gasteiger partial charge in [0.05, 0.1) is 41.0 Å². The zero-order valence-corrected chi connectivity index (χ0v) is 25.0. The van der Waals surface area contributed by atoms with Crippen LogP contribution in [0, 0.1) is 0 Å². The normalized spacial score (nSPS) is 16.8. The van der Waals surface area contributed by atoms with Crippen LogP contribution < -0.4 is 4.74 Å². The fourth-order valence-corrected chi connectivity index (χ4v) is 6.41. The molecule has 0 spiro atoms. The number of thioether (sulfide) groups is 1. The first kappa shape index (κ1) is 29.1. The van der Waals surface area contributed by atoms with E-state index in [1.807, 2.05) is 36.4 Å². The summed E-state index contributed by atoms with van der Waals surface area (Å²) >= 11 is 6.84. The third kappa shape index (κ3) is 6.80. The predicted molar refractivity (Wildman–Crippen MR) is 171 cm³/mol. The molecule has 3 aromatic carbocycles. The zero-order chi connectivity index (χ0) is 29.8. The average molecular weight is 615 g/mol. The van der Waals surface area contributed by atoms with Crippen LogP contribution in [-0.4, -0.2) is 87.1 Å². The number of hydrogen-bond acceptors (Lipinski definition) is 8. The number of aromatic amines is 1. The molecule has 43 heavy (non-hydrogen) atoms. The first-order valence-corrected chi connectivity index (χ1v) is 15.3. The molecular formula is C32H30N4O5S2. The van der Waals surface area contributed by atoms with Crippen molar-refractivity contribution in [2.45, 2.75) is 6.42 Å². The number of benzene rings is 3. The fourth-order valence-electron chi connectivity index (χ4n) is 5.10. The smallest absolute Gasteiger partial charge is 0.335 e. The molecule has 1 amide bonds. The number of fused-ring (bicyclic) bond motifs is 1. The Bertz CT molecular complexity index is 1700. The zero-order valence-electron chi connectivity index (χ0n) is 23.3. The van der Waals surface area contributed by atoms with Crippen LogP contribution >= 0.6 is 24.0 Å². The van der Waals surface area contributed by atoms with Gasteiger partial charge in [-0.2, -0.15) is 0 Å². The number of hydrogen-bond donors (Lipinski definition) is 2. The van der Waals surface area contributed by atoms with Crippen molar-refractivity contribution in [3.05, 3.63) is 88.6 Å². The van der Waals surface area contributed by atoms with Crippen molar-refractivity contribution in [1.82, 2.24) is 19.8 Å². The molecule has 0 bridgehead atoms. The average Bonchev–Trinajstić information content (AvgIpc) is 3.60. The Morgan fingerprint density at radius 3 is 2.70 bits per heavy atom. The van der Waals surface area contributed by atoms with Crippen molar-refractivity contribution in [2.75, 3.05) is 46.0 Å². The van der Waals surface area contributed by atoms with Gasteiger partial charge in [-0.1, -0.05) is 48.2 Å². The van der Waals surface area contributed by atoms with Crippen LogP contribution in [0.1, 0.15) is 21.5 Å². The van der Waals surface area contributed by atoms with Gasteiger partial charge in [-0.25, -0.2) is 9.78 Å². The van der Waals surface area contributed by atoms with Gasteiger partial charge < -0.3 is 19.6 Å². The highest BCUT2D eigenvalue weighted by molar-refractivity contribution is 8.26. The van der Waals surface area contributed by atoms with E-state index in [0.717, 1.165) is 71.9 Å². The number of rotatable bonds is 10. The van der Waals surface area contributed by atoms with E-state index in [9.17, 15) is 9.59 Å². The topological polar surface area (TPSA) is 108 Å². The van der Waals surface area contributed by atoms with Crippen LogP contribution in [0.4, 0.5) is 0 Å². The summed E-state index contributed by atoms with van der Waals surface area (Å²) in [5, 5.41) is 9.12. The van der Waals surface area contributed by atoms with Crippen LogP contribution in [0.3, 0.4) is 0 Å². The summed E-state index contributed by atoms with van der Waals surface area (Å²) < 4.78 is 12.3. The van der Waals surface area contributed by atoms with Gasteiger partial charge in [0.25, 0.3) is 5.91 Å². The molecule has 2 fully saturated rings. The van der Waals surface area contributed by atoms with Crippen molar-refractivity contribution < 1.29 is 24.2 Å². The van der Waals surface area contributed by atoms with Gasteiger partial charge in [0.15, 0.2) is 0 Å². The number of carbonyl (C=O) groups is 2. The van der Waals surface area contributed by atoms with E-state index in [-0.39, 0.29) is 11.5 Å². The van der Waals surface area contributed by atoms with Crippen LogP contribution in [0.5, 0.6) is 5.75 Å². The maximum absolute atomic E-state index is 13.3. The highest BCUT2D eigenvalue weighted by atomic mass is 32.2. The van der Waals surface area contributed by atoms with E-state index in [1.165, 1.54) is 11.8 Å². The number of thiocarbonyl (C=S) groups is 1. The van der Waals surface area contributed by atoms with Crippen LogP contribution in [0.25, 0.3) is 28.2 Å². The lowest BCUT2D eigenvalue weighted by Crippen LogP contribution is -2.38. The fraction of sp³-hybridized carbons (Fsp3) is 0.250. The summed E-state index contributed by atoms with van der Waals surface area (Å²) in [6.45, 7) is 5.08. The third-order valence-electron chi connectivity index (χ3n) is 7.50. The van der Waals surface area contributed by atoms with Gasteiger partial charge in [-0.15, -0.1) is 0 Å². The van der Waals surface area contributed by atoms with Crippen LogP contribution in [0.15, 0.2) is 71.9 Å². The lowest BCUT2D eigenvalue weighted by atomic mass is 10.0. The number of H-pyrrole nitrogens is 1. The van der Waals surface area contributed by atoms with Crippen molar-refractivity contribution in [1.29, 1.82) is 0 Å². The molecule has 6 rings (SSSR count). The molecular weight excluding hydrogens is 585 g/mol. The lowest BCUT2D eigenvalue weighted by molar-refractivity contribution is -0.122. The van der Waals surface area contributed by atoms with E-state index in [4.69, 9.17) is 26.8 Å². The number of morpholine rings is 1. The number of carboxylic acids is 1. The molecule has 2 aliphatic rings. The molecule has 2 aliphatic heterocycles. The summed E-state index contributed by atoms with van der Waals surface area (Å²) in [5.74, 6) is -0.333. The van der Waals surface area contributed by atoms with Gasteiger partial charge in [0.1, 0.15) is 16.7 Å². The molecule has 2 N–H and O–H groups in total. The first-order valence-electron chi connectivity index (χ1n) is 14.0.